The van der Waals surface area contributed by atoms with Crippen molar-refractivity contribution < 1.29 is 4.74 Å². The quantitative estimate of drug-likeness (QED) is 0.836. The first-order chi connectivity index (χ1) is 13.7. The lowest BCUT2D eigenvalue weighted by molar-refractivity contribution is 0.243. The molecule has 2 saturated heterocycles. The van der Waals surface area contributed by atoms with Crippen LogP contribution in [-0.4, -0.2) is 66.2 Å². The molecule has 0 bridgehead atoms. The lowest BCUT2D eigenvalue weighted by Crippen LogP contribution is -2.46. The number of anilines is 3. The van der Waals surface area contributed by atoms with Crippen LogP contribution in [0.4, 0.5) is 17.6 Å². The number of piperazine rings is 1. The molecule has 2 aliphatic rings. The summed E-state index contributed by atoms with van der Waals surface area (Å²) >= 11 is 0. The van der Waals surface area contributed by atoms with Gasteiger partial charge in [-0.1, -0.05) is 12.1 Å². The van der Waals surface area contributed by atoms with Gasteiger partial charge in [-0.3, -0.25) is 4.90 Å². The number of hydrogen-bond acceptors (Lipinski definition) is 8. The molecule has 3 heterocycles. The Morgan fingerprint density at radius 2 is 1.64 bits per heavy atom. The maximum atomic E-state index is 5.97. The molecule has 1 aromatic heterocycles. The van der Waals surface area contributed by atoms with Gasteiger partial charge in [-0.25, -0.2) is 0 Å². The number of para-hydroxylation sites is 2. The molecule has 0 saturated carbocycles. The SMILES string of the molecule is COc1ccccc1N1CCN(Cc2nc(N)nc(N3CCCCC3)n2)CC1. The lowest BCUT2D eigenvalue weighted by Gasteiger charge is -2.36. The minimum absolute atomic E-state index is 0.318. The molecule has 0 aliphatic carbocycles. The van der Waals surface area contributed by atoms with E-state index in [-0.39, 0.29) is 0 Å². The van der Waals surface area contributed by atoms with Crippen LogP contribution in [0.1, 0.15) is 25.1 Å². The zero-order valence-corrected chi connectivity index (χ0v) is 16.5. The Morgan fingerprint density at radius 1 is 0.893 bits per heavy atom. The van der Waals surface area contributed by atoms with Crippen molar-refractivity contribution in [1.29, 1.82) is 0 Å². The van der Waals surface area contributed by atoms with Gasteiger partial charge >= 0.3 is 0 Å². The Balaban J connectivity index is 1.39. The second-order valence-electron chi connectivity index (χ2n) is 7.39. The average Bonchev–Trinajstić information content (AvgIpc) is 2.74. The third-order valence-electron chi connectivity index (χ3n) is 5.49. The molecule has 0 atom stereocenters. The zero-order chi connectivity index (χ0) is 19.3. The summed E-state index contributed by atoms with van der Waals surface area (Å²) in [6, 6.07) is 8.19. The van der Waals surface area contributed by atoms with Crippen LogP contribution in [0.3, 0.4) is 0 Å². The van der Waals surface area contributed by atoms with E-state index < -0.39 is 0 Å². The first-order valence-corrected chi connectivity index (χ1v) is 10.1. The minimum atomic E-state index is 0.318. The van der Waals surface area contributed by atoms with E-state index in [1.807, 2.05) is 12.1 Å². The number of piperidine rings is 1. The number of benzene rings is 1. The normalized spacial score (nSPS) is 18.3. The molecule has 2 N–H and O–H groups in total. The van der Waals surface area contributed by atoms with Gasteiger partial charge < -0.3 is 20.3 Å². The molecule has 2 fully saturated rings. The molecular weight excluding hydrogens is 354 g/mol. The van der Waals surface area contributed by atoms with Crippen LogP contribution in [0.2, 0.25) is 0 Å². The second kappa shape index (κ2) is 8.60. The highest BCUT2D eigenvalue weighted by atomic mass is 16.5. The van der Waals surface area contributed by atoms with Crippen molar-refractivity contribution in [3.63, 3.8) is 0 Å². The van der Waals surface area contributed by atoms with Crippen LogP contribution in [0.5, 0.6) is 5.75 Å². The summed E-state index contributed by atoms with van der Waals surface area (Å²) in [5.41, 5.74) is 7.13. The topological polar surface area (TPSA) is 83.6 Å². The lowest BCUT2D eigenvalue weighted by atomic mass is 10.1. The first-order valence-electron chi connectivity index (χ1n) is 10.1. The standard InChI is InChI=1S/C20H29N7O/c1-28-17-8-4-3-7-16(17)26-13-11-25(12-14-26)15-18-22-19(21)24-20(23-18)27-9-5-2-6-10-27/h3-4,7-8H,2,5-6,9-15H2,1H3,(H2,21,22,23,24). The number of hydrogen-bond donors (Lipinski definition) is 1. The summed E-state index contributed by atoms with van der Waals surface area (Å²) < 4.78 is 5.50. The van der Waals surface area contributed by atoms with E-state index in [9.17, 15) is 0 Å². The molecule has 2 aliphatic heterocycles. The smallest absolute Gasteiger partial charge is 0.230 e. The van der Waals surface area contributed by atoms with E-state index in [4.69, 9.17) is 15.5 Å². The predicted molar refractivity (Wildman–Crippen MR) is 111 cm³/mol. The highest BCUT2D eigenvalue weighted by Gasteiger charge is 2.21. The molecule has 4 rings (SSSR count). The van der Waals surface area contributed by atoms with E-state index in [0.29, 0.717) is 12.5 Å². The second-order valence-corrected chi connectivity index (χ2v) is 7.39. The molecule has 0 amide bonds. The summed E-state index contributed by atoms with van der Waals surface area (Å²) in [7, 11) is 1.72. The van der Waals surface area contributed by atoms with E-state index in [0.717, 1.165) is 62.5 Å². The summed E-state index contributed by atoms with van der Waals surface area (Å²) in [6.45, 7) is 6.49. The number of methoxy groups -OCH3 is 1. The Kier molecular flexibility index (Phi) is 5.76. The van der Waals surface area contributed by atoms with Crippen molar-refractivity contribution >= 4 is 17.6 Å². The van der Waals surface area contributed by atoms with Crippen molar-refractivity contribution in [2.45, 2.75) is 25.8 Å². The number of aromatic nitrogens is 3. The molecule has 8 heteroatoms. The van der Waals surface area contributed by atoms with Crippen LogP contribution in [0.25, 0.3) is 0 Å². The molecule has 1 aromatic carbocycles. The van der Waals surface area contributed by atoms with Gasteiger partial charge in [0.2, 0.25) is 11.9 Å². The summed E-state index contributed by atoms with van der Waals surface area (Å²) in [5, 5.41) is 0. The Hall–Kier alpha value is -2.61. The van der Waals surface area contributed by atoms with Gasteiger partial charge in [-0.2, -0.15) is 15.0 Å². The van der Waals surface area contributed by atoms with Crippen molar-refractivity contribution in [3.05, 3.63) is 30.1 Å². The molecule has 0 unspecified atom stereocenters. The van der Waals surface area contributed by atoms with Gasteiger partial charge in [0.05, 0.1) is 19.3 Å². The Labute approximate surface area is 166 Å². The van der Waals surface area contributed by atoms with E-state index in [2.05, 4.69) is 36.8 Å². The molecule has 2 aromatic rings. The van der Waals surface area contributed by atoms with Gasteiger partial charge in [0.1, 0.15) is 11.6 Å². The molecule has 150 valence electrons. The van der Waals surface area contributed by atoms with Crippen LogP contribution in [0, 0.1) is 0 Å². The molecule has 0 spiro atoms. The Bertz CT molecular complexity index is 786. The monoisotopic (exact) mass is 383 g/mol. The highest BCUT2D eigenvalue weighted by molar-refractivity contribution is 5.58. The number of nitrogens with two attached hydrogens (primary N) is 1. The molecular formula is C20H29N7O. The average molecular weight is 384 g/mol. The maximum Gasteiger partial charge on any atom is 0.230 e. The number of rotatable bonds is 5. The van der Waals surface area contributed by atoms with Crippen molar-refractivity contribution in [3.8, 4) is 5.75 Å². The zero-order valence-electron chi connectivity index (χ0n) is 16.5. The highest BCUT2D eigenvalue weighted by Crippen LogP contribution is 2.28. The third-order valence-corrected chi connectivity index (χ3v) is 5.49. The van der Waals surface area contributed by atoms with E-state index >= 15 is 0 Å². The van der Waals surface area contributed by atoms with Gasteiger partial charge in [0, 0.05) is 39.3 Å². The summed E-state index contributed by atoms with van der Waals surface area (Å²) in [5.74, 6) is 2.74. The van der Waals surface area contributed by atoms with Crippen molar-refractivity contribution in [2.24, 2.45) is 0 Å². The minimum Gasteiger partial charge on any atom is -0.495 e. The number of nitrogen functional groups attached to an aromatic ring is 1. The summed E-state index contributed by atoms with van der Waals surface area (Å²) in [4.78, 5) is 20.4. The van der Waals surface area contributed by atoms with Gasteiger partial charge in [-0.15, -0.1) is 0 Å². The first kappa shape index (κ1) is 18.7. The van der Waals surface area contributed by atoms with Crippen LogP contribution < -0.4 is 20.3 Å². The van der Waals surface area contributed by atoms with Gasteiger partial charge in [0.25, 0.3) is 0 Å². The summed E-state index contributed by atoms with van der Waals surface area (Å²) in [6.07, 6.45) is 3.65. The van der Waals surface area contributed by atoms with Crippen molar-refractivity contribution in [2.75, 3.05) is 61.9 Å². The van der Waals surface area contributed by atoms with Crippen LogP contribution >= 0.6 is 0 Å². The van der Waals surface area contributed by atoms with Gasteiger partial charge in [0.15, 0.2) is 0 Å². The predicted octanol–water partition coefficient (Wildman–Crippen LogP) is 1.77. The third kappa shape index (κ3) is 4.27. The molecule has 8 nitrogen and oxygen atoms in total. The maximum absolute atomic E-state index is 5.97. The van der Waals surface area contributed by atoms with E-state index in [1.165, 1.54) is 19.3 Å². The fraction of sp³-hybridized carbons (Fsp3) is 0.550. The number of ether oxygens (including phenoxy) is 1. The fourth-order valence-electron chi connectivity index (χ4n) is 3.97. The Morgan fingerprint density at radius 3 is 2.39 bits per heavy atom. The van der Waals surface area contributed by atoms with Crippen LogP contribution in [-0.2, 0) is 6.54 Å². The largest absolute Gasteiger partial charge is 0.495 e. The van der Waals surface area contributed by atoms with E-state index in [1.54, 1.807) is 7.11 Å². The van der Waals surface area contributed by atoms with Crippen LogP contribution in [0.15, 0.2) is 24.3 Å². The fourth-order valence-corrected chi connectivity index (χ4v) is 3.97. The van der Waals surface area contributed by atoms with Gasteiger partial charge in [-0.05, 0) is 31.4 Å². The van der Waals surface area contributed by atoms with Crippen molar-refractivity contribution in [1.82, 2.24) is 19.9 Å². The molecule has 0 radical (unpaired) electrons. The number of nitrogens with zero attached hydrogens (tertiary/aromatic N) is 6. The molecule has 28 heavy (non-hydrogen) atoms.